The average Bonchev–Trinajstić information content (AvgIpc) is 2.64. The van der Waals surface area contributed by atoms with Crippen molar-refractivity contribution < 1.29 is 17.9 Å². The molecule has 0 unspecified atom stereocenters. The van der Waals surface area contributed by atoms with Gasteiger partial charge in [-0.1, -0.05) is 12.0 Å². The Kier molecular flexibility index (Phi) is 5.84. The lowest BCUT2D eigenvalue weighted by atomic mass is 10.2. The lowest BCUT2D eigenvalue weighted by Gasteiger charge is -2.20. The van der Waals surface area contributed by atoms with E-state index in [1.165, 1.54) is 12.1 Å². The van der Waals surface area contributed by atoms with Gasteiger partial charge in [-0.05, 0) is 35.9 Å². The highest BCUT2D eigenvalue weighted by molar-refractivity contribution is 5.77. The molecule has 27 heavy (non-hydrogen) atoms. The molecular formula is C21H17F2NO3. The van der Waals surface area contributed by atoms with E-state index in [9.17, 15) is 13.6 Å². The molecule has 138 valence electrons. The van der Waals surface area contributed by atoms with Crippen molar-refractivity contribution in [3.05, 3.63) is 76.1 Å². The number of ether oxygens (including phenoxy) is 1. The fraction of sp³-hybridized carbons (Fsp3) is 0.190. The van der Waals surface area contributed by atoms with Crippen molar-refractivity contribution in [3.8, 4) is 18.1 Å². The van der Waals surface area contributed by atoms with Crippen LogP contribution < -0.4 is 10.4 Å². The molecule has 0 saturated carbocycles. The maximum Gasteiger partial charge on any atom is 0.336 e. The van der Waals surface area contributed by atoms with Crippen molar-refractivity contribution in [2.24, 2.45) is 0 Å². The Morgan fingerprint density at radius 3 is 2.67 bits per heavy atom. The SMILES string of the molecule is C#CCN(CCOc1ccc2ccc(=O)oc2c1)Cc1ccc(F)c(F)c1. The van der Waals surface area contributed by atoms with E-state index < -0.39 is 17.3 Å². The van der Waals surface area contributed by atoms with Gasteiger partial charge in [0.15, 0.2) is 11.6 Å². The smallest absolute Gasteiger partial charge is 0.336 e. The summed E-state index contributed by atoms with van der Waals surface area (Å²) in [5, 5.41) is 0.800. The summed E-state index contributed by atoms with van der Waals surface area (Å²) in [6.45, 7) is 1.53. The van der Waals surface area contributed by atoms with Gasteiger partial charge in [-0.25, -0.2) is 13.6 Å². The second-order valence-corrected chi connectivity index (χ2v) is 5.97. The van der Waals surface area contributed by atoms with Crippen molar-refractivity contribution in [2.75, 3.05) is 19.7 Å². The van der Waals surface area contributed by atoms with E-state index >= 15 is 0 Å². The van der Waals surface area contributed by atoms with Crippen LogP contribution in [0.3, 0.4) is 0 Å². The van der Waals surface area contributed by atoms with Crippen LogP contribution in [0.15, 0.2) is 57.7 Å². The van der Waals surface area contributed by atoms with Crippen LogP contribution in [0.2, 0.25) is 0 Å². The van der Waals surface area contributed by atoms with E-state index in [4.69, 9.17) is 15.6 Å². The largest absolute Gasteiger partial charge is 0.492 e. The van der Waals surface area contributed by atoms with E-state index in [1.807, 2.05) is 4.90 Å². The van der Waals surface area contributed by atoms with Crippen molar-refractivity contribution in [1.82, 2.24) is 4.90 Å². The van der Waals surface area contributed by atoms with Crippen LogP contribution in [0.4, 0.5) is 8.78 Å². The highest BCUT2D eigenvalue weighted by atomic mass is 19.2. The van der Waals surface area contributed by atoms with Gasteiger partial charge in [0.05, 0.1) is 6.54 Å². The molecule has 0 amide bonds. The highest BCUT2D eigenvalue weighted by Gasteiger charge is 2.09. The van der Waals surface area contributed by atoms with Gasteiger partial charge in [-0.15, -0.1) is 6.42 Å². The monoisotopic (exact) mass is 369 g/mol. The lowest BCUT2D eigenvalue weighted by Crippen LogP contribution is -2.28. The third-order valence-corrected chi connectivity index (χ3v) is 3.98. The number of nitrogens with zero attached hydrogens (tertiary/aromatic N) is 1. The van der Waals surface area contributed by atoms with Crippen molar-refractivity contribution in [2.45, 2.75) is 6.54 Å². The van der Waals surface area contributed by atoms with Gasteiger partial charge in [-0.2, -0.15) is 0 Å². The number of hydrogen-bond donors (Lipinski definition) is 0. The zero-order valence-corrected chi connectivity index (χ0v) is 14.5. The van der Waals surface area contributed by atoms with E-state index in [2.05, 4.69) is 5.92 Å². The van der Waals surface area contributed by atoms with E-state index in [-0.39, 0.29) is 0 Å². The Morgan fingerprint density at radius 1 is 1.07 bits per heavy atom. The summed E-state index contributed by atoms with van der Waals surface area (Å²) in [6.07, 6.45) is 5.39. The first-order chi connectivity index (χ1) is 13.0. The normalized spacial score (nSPS) is 10.9. The Bertz CT molecular complexity index is 1040. The number of hydrogen-bond acceptors (Lipinski definition) is 4. The van der Waals surface area contributed by atoms with Gasteiger partial charge in [0, 0.05) is 30.6 Å². The van der Waals surface area contributed by atoms with Crippen molar-refractivity contribution >= 4 is 11.0 Å². The summed E-state index contributed by atoms with van der Waals surface area (Å²) in [5.74, 6) is 1.34. The molecule has 2 aromatic carbocycles. The van der Waals surface area contributed by atoms with Gasteiger partial charge in [0.1, 0.15) is 17.9 Å². The fourth-order valence-electron chi connectivity index (χ4n) is 2.66. The van der Waals surface area contributed by atoms with Gasteiger partial charge < -0.3 is 9.15 Å². The predicted molar refractivity (Wildman–Crippen MR) is 98.4 cm³/mol. The molecule has 0 fully saturated rings. The Labute approximate surface area is 155 Å². The second kappa shape index (κ2) is 8.47. The van der Waals surface area contributed by atoms with Gasteiger partial charge >= 0.3 is 5.63 Å². The Hall–Kier alpha value is -3.17. The zero-order chi connectivity index (χ0) is 19.2. The summed E-state index contributed by atoms with van der Waals surface area (Å²) in [5.41, 5.74) is 0.644. The quantitative estimate of drug-likeness (QED) is 0.472. The summed E-state index contributed by atoms with van der Waals surface area (Å²) in [6, 6.07) is 12.0. The Balaban J connectivity index is 1.61. The first-order valence-corrected chi connectivity index (χ1v) is 8.31. The van der Waals surface area contributed by atoms with Crippen LogP contribution in [0.25, 0.3) is 11.0 Å². The molecule has 0 spiro atoms. The molecule has 3 rings (SSSR count). The van der Waals surface area contributed by atoms with Gasteiger partial charge in [-0.3, -0.25) is 4.90 Å². The van der Waals surface area contributed by atoms with Gasteiger partial charge in [0.2, 0.25) is 0 Å². The standard InChI is InChI=1S/C21H17F2NO3/c1-2-9-24(14-15-3-7-18(22)19(23)12-15)10-11-26-17-6-4-16-5-8-21(25)27-20(16)13-17/h1,3-8,12-13H,9-11,14H2. The number of fused-ring (bicyclic) bond motifs is 1. The van der Waals surface area contributed by atoms with Gasteiger partial charge in [0.25, 0.3) is 0 Å². The van der Waals surface area contributed by atoms with Crippen LogP contribution in [0.5, 0.6) is 5.75 Å². The zero-order valence-electron chi connectivity index (χ0n) is 14.5. The molecule has 0 aliphatic carbocycles. The molecule has 0 bridgehead atoms. The maximum absolute atomic E-state index is 13.4. The minimum Gasteiger partial charge on any atom is -0.492 e. The molecule has 0 aliphatic heterocycles. The summed E-state index contributed by atoms with van der Waals surface area (Å²) < 4.78 is 37.2. The molecule has 1 heterocycles. The lowest BCUT2D eigenvalue weighted by molar-refractivity contribution is 0.219. The van der Waals surface area contributed by atoms with Crippen LogP contribution in [-0.2, 0) is 6.54 Å². The minimum atomic E-state index is -0.887. The molecular weight excluding hydrogens is 352 g/mol. The fourth-order valence-corrected chi connectivity index (χ4v) is 2.66. The van der Waals surface area contributed by atoms with Crippen LogP contribution in [-0.4, -0.2) is 24.6 Å². The second-order valence-electron chi connectivity index (χ2n) is 5.97. The maximum atomic E-state index is 13.4. The van der Waals surface area contributed by atoms with E-state index in [1.54, 1.807) is 24.3 Å². The molecule has 0 radical (unpaired) electrons. The molecule has 4 nitrogen and oxygen atoms in total. The molecule has 0 saturated heterocycles. The molecule has 0 N–H and O–H groups in total. The summed E-state index contributed by atoms with van der Waals surface area (Å²) in [7, 11) is 0. The number of halogens is 2. The van der Waals surface area contributed by atoms with E-state index in [0.717, 1.165) is 17.5 Å². The van der Waals surface area contributed by atoms with Crippen molar-refractivity contribution in [3.63, 3.8) is 0 Å². The number of terminal acetylenes is 1. The minimum absolute atomic E-state index is 0.327. The molecule has 0 atom stereocenters. The topological polar surface area (TPSA) is 42.7 Å². The summed E-state index contributed by atoms with van der Waals surface area (Å²) >= 11 is 0. The first kappa shape index (κ1) is 18.6. The molecule has 6 heteroatoms. The van der Waals surface area contributed by atoms with E-state index in [0.29, 0.717) is 43.1 Å². The number of rotatable bonds is 7. The third-order valence-electron chi connectivity index (χ3n) is 3.98. The van der Waals surface area contributed by atoms with Crippen molar-refractivity contribution in [1.29, 1.82) is 0 Å². The molecule has 3 aromatic rings. The first-order valence-electron chi connectivity index (χ1n) is 8.31. The number of benzene rings is 2. The highest BCUT2D eigenvalue weighted by Crippen LogP contribution is 2.19. The third kappa shape index (κ3) is 4.93. The Morgan fingerprint density at radius 2 is 1.89 bits per heavy atom. The van der Waals surface area contributed by atoms with Crippen LogP contribution >= 0.6 is 0 Å². The molecule has 1 aromatic heterocycles. The predicted octanol–water partition coefficient (Wildman–Crippen LogP) is 3.59. The summed E-state index contributed by atoms with van der Waals surface area (Å²) in [4.78, 5) is 13.2. The van der Waals surface area contributed by atoms with Crippen LogP contribution in [0, 0.1) is 24.0 Å². The molecule has 0 aliphatic rings. The average molecular weight is 369 g/mol. The van der Waals surface area contributed by atoms with Crippen LogP contribution in [0.1, 0.15) is 5.56 Å².